The number of amides is 1. The molecule has 11 heteroatoms. The first-order chi connectivity index (χ1) is 16.6. The molecule has 2 saturated heterocycles. The summed E-state index contributed by atoms with van der Waals surface area (Å²) < 4.78 is 11.1. The first kappa shape index (κ1) is 23.0. The first-order valence-electron chi connectivity index (χ1n) is 11.7. The topological polar surface area (TPSA) is 118 Å². The first-order valence-corrected chi connectivity index (χ1v) is 11.7. The van der Waals surface area contributed by atoms with E-state index in [1.54, 1.807) is 12.4 Å². The van der Waals surface area contributed by atoms with Gasteiger partial charge in [0.25, 0.3) is 0 Å². The smallest absolute Gasteiger partial charge is 0.410 e. The number of anilines is 3. The molecule has 3 aromatic rings. The van der Waals surface area contributed by atoms with Gasteiger partial charge in [-0.2, -0.15) is 0 Å². The summed E-state index contributed by atoms with van der Waals surface area (Å²) in [6.45, 7) is 11.7. The summed E-state index contributed by atoms with van der Waals surface area (Å²) in [6, 6.07) is 4.20. The van der Waals surface area contributed by atoms with Gasteiger partial charge < -0.3 is 19.7 Å². The van der Waals surface area contributed by atoms with Crippen LogP contribution < -0.4 is 15.0 Å². The number of hydrogen-bond donors (Lipinski definition) is 1. The van der Waals surface area contributed by atoms with Crippen molar-refractivity contribution in [2.75, 3.05) is 29.9 Å². The Hall–Kier alpha value is -3.76. The lowest BCUT2D eigenvalue weighted by atomic mass is 9.78. The van der Waals surface area contributed by atoms with Crippen molar-refractivity contribution in [1.82, 2.24) is 29.8 Å². The second kappa shape index (κ2) is 8.47. The number of fused-ring (bicyclic) bond motifs is 1. The molecule has 0 atom stereocenters. The van der Waals surface area contributed by atoms with Crippen LogP contribution in [0.25, 0.3) is 11.0 Å². The van der Waals surface area contributed by atoms with Crippen molar-refractivity contribution >= 4 is 34.4 Å². The van der Waals surface area contributed by atoms with E-state index in [9.17, 15) is 4.79 Å². The molecular weight excluding hydrogens is 448 g/mol. The maximum Gasteiger partial charge on any atom is 0.410 e. The molecule has 0 aliphatic carbocycles. The predicted octanol–water partition coefficient (Wildman–Crippen LogP) is 3.55. The van der Waals surface area contributed by atoms with E-state index in [-0.39, 0.29) is 17.7 Å². The largest absolute Gasteiger partial charge is 0.461 e. The maximum atomic E-state index is 12.6. The number of carbonyl (C=O) groups is 1. The number of likely N-dealkylation sites (tertiary alicyclic amines) is 1. The van der Waals surface area contributed by atoms with E-state index in [0.717, 1.165) is 24.3 Å². The molecule has 5 heterocycles. The zero-order chi connectivity index (χ0) is 24.8. The summed E-state index contributed by atoms with van der Waals surface area (Å²) in [7, 11) is 0. The molecule has 1 amide bonds. The van der Waals surface area contributed by atoms with Gasteiger partial charge in [-0.3, -0.25) is 4.90 Å². The fourth-order valence-corrected chi connectivity index (χ4v) is 4.28. The minimum absolute atomic E-state index is 0.000895. The number of nitrogens with one attached hydrogen (secondary N) is 1. The molecule has 2 aliphatic rings. The Morgan fingerprint density at radius 3 is 2.49 bits per heavy atom. The van der Waals surface area contributed by atoms with E-state index in [1.165, 1.54) is 6.33 Å². The van der Waals surface area contributed by atoms with E-state index in [0.29, 0.717) is 36.1 Å². The number of ether oxygens (including phenoxy) is 2. The highest BCUT2D eigenvalue weighted by atomic mass is 16.6. The zero-order valence-corrected chi connectivity index (χ0v) is 20.6. The van der Waals surface area contributed by atoms with Crippen LogP contribution in [-0.4, -0.2) is 72.8 Å². The number of hydrogen-bond acceptors (Lipinski definition) is 10. The summed E-state index contributed by atoms with van der Waals surface area (Å²) in [5, 5.41) is 3.23. The quantitative estimate of drug-likeness (QED) is 0.583. The van der Waals surface area contributed by atoms with Crippen LogP contribution in [0.15, 0.2) is 30.9 Å². The Labute approximate surface area is 203 Å². The average Bonchev–Trinajstić information content (AvgIpc) is 2.72. The fourth-order valence-electron chi connectivity index (χ4n) is 4.28. The molecule has 0 radical (unpaired) electrons. The monoisotopic (exact) mass is 478 g/mol. The van der Waals surface area contributed by atoms with E-state index in [1.807, 2.05) is 51.7 Å². The van der Waals surface area contributed by atoms with Crippen molar-refractivity contribution < 1.29 is 14.3 Å². The van der Waals surface area contributed by atoms with Crippen LogP contribution in [0.3, 0.4) is 0 Å². The Kier molecular flexibility index (Phi) is 5.57. The molecule has 3 aromatic heterocycles. The van der Waals surface area contributed by atoms with Crippen molar-refractivity contribution in [3.63, 3.8) is 0 Å². The minimum atomic E-state index is -0.507. The van der Waals surface area contributed by atoms with Crippen molar-refractivity contribution in [1.29, 1.82) is 0 Å². The average molecular weight is 479 g/mol. The standard InChI is InChI=1S/C24H30N8O3/c1-15(2)34-21-25-10-16(11-26-21)29-20-19-17(27-14-28-20)6-7-18(30-19)31-12-24(13-31)8-9-32(24)22(33)35-23(3,4)5/h6-7,10-11,14-15H,8-9,12-13H2,1-5H3,(H,27,28,29). The number of aromatic nitrogens is 5. The molecule has 0 bridgehead atoms. The van der Waals surface area contributed by atoms with Crippen LogP contribution in [-0.2, 0) is 4.74 Å². The second-order valence-electron chi connectivity index (χ2n) is 10.3. The molecular formula is C24H30N8O3. The summed E-state index contributed by atoms with van der Waals surface area (Å²) >= 11 is 0. The highest BCUT2D eigenvalue weighted by molar-refractivity contribution is 5.88. The summed E-state index contributed by atoms with van der Waals surface area (Å²) in [6.07, 6.45) is 5.49. The van der Waals surface area contributed by atoms with Gasteiger partial charge in [0.1, 0.15) is 23.3 Å². The molecule has 0 saturated carbocycles. The van der Waals surface area contributed by atoms with Gasteiger partial charge in [0.15, 0.2) is 5.82 Å². The normalized spacial score (nSPS) is 16.7. The molecule has 0 aromatic carbocycles. The number of rotatable bonds is 5. The molecule has 5 rings (SSSR count). The minimum Gasteiger partial charge on any atom is -0.461 e. The highest BCUT2D eigenvalue weighted by Gasteiger charge is 2.56. The third-order valence-corrected chi connectivity index (χ3v) is 5.98. The molecule has 2 fully saturated rings. The molecule has 35 heavy (non-hydrogen) atoms. The Morgan fingerprint density at radius 2 is 1.86 bits per heavy atom. The number of nitrogens with zero attached hydrogens (tertiary/aromatic N) is 7. The van der Waals surface area contributed by atoms with Gasteiger partial charge >= 0.3 is 12.1 Å². The van der Waals surface area contributed by atoms with Crippen LogP contribution >= 0.6 is 0 Å². The Balaban J connectivity index is 1.31. The van der Waals surface area contributed by atoms with Gasteiger partial charge in [-0.25, -0.2) is 29.7 Å². The van der Waals surface area contributed by atoms with E-state index in [2.05, 4.69) is 30.2 Å². The van der Waals surface area contributed by atoms with Crippen molar-refractivity contribution in [3.05, 3.63) is 30.9 Å². The molecule has 1 spiro atoms. The van der Waals surface area contributed by atoms with E-state index in [4.69, 9.17) is 14.5 Å². The third kappa shape index (κ3) is 4.62. The summed E-state index contributed by atoms with van der Waals surface area (Å²) in [5.41, 5.74) is 1.35. The lowest BCUT2D eigenvalue weighted by Crippen LogP contribution is -2.78. The van der Waals surface area contributed by atoms with E-state index < -0.39 is 5.60 Å². The fraction of sp³-hybridized carbons (Fsp3) is 0.500. The van der Waals surface area contributed by atoms with Crippen molar-refractivity contribution in [2.45, 2.75) is 58.3 Å². The van der Waals surface area contributed by atoms with E-state index >= 15 is 0 Å². The maximum absolute atomic E-state index is 12.6. The van der Waals surface area contributed by atoms with Gasteiger partial charge in [-0.15, -0.1) is 0 Å². The van der Waals surface area contributed by atoms with Crippen molar-refractivity contribution in [3.8, 4) is 6.01 Å². The van der Waals surface area contributed by atoms with Gasteiger partial charge in [0.05, 0.1) is 35.2 Å². The molecule has 184 valence electrons. The van der Waals surface area contributed by atoms with Crippen molar-refractivity contribution in [2.24, 2.45) is 0 Å². The highest BCUT2D eigenvalue weighted by Crippen LogP contribution is 2.42. The summed E-state index contributed by atoms with van der Waals surface area (Å²) in [4.78, 5) is 38.6. The lowest BCUT2D eigenvalue weighted by molar-refractivity contribution is -0.0562. The van der Waals surface area contributed by atoms with Gasteiger partial charge in [-0.05, 0) is 53.2 Å². The zero-order valence-electron chi connectivity index (χ0n) is 20.6. The lowest BCUT2D eigenvalue weighted by Gasteiger charge is -2.62. The summed E-state index contributed by atoms with van der Waals surface area (Å²) in [5.74, 6) is 1.38. The SMILES string of the molecule is CC(C)Oc1ncc(Nc2ncnc3ccc(N4CC5(CCN5C(=O)OC(C)(C)C)C4)nc23)cn1. The number of pyridine rings is 1. The molecule has 1 N–H and O–H groups in total. The van der Waals surface area contributed by atoms with Gasteiger partial charge in [0, 0.05) is 19.6 Å². The molecule has 11 nitrogen and oxygen atoms in total. The Morgan fingerprint density at radius 1 is 1.11 bits per heavy atom. The molecule has 2 aliphatic heterocycles. The Bertz CT molecular complexity index is 1240. The van der Waals surface area contributed by atoms with Gasteiger partial charge in [0.2, 0.25) is 0 Å². The van der Waals surface area contributed by atoms with Crippen LogP contribution in [0.4, 0.5) is 22.1 Å². The van der Waals surface area contributed by atoms with Crippen LogP contribution in [0, 0.1) is 0 Å². The second-order valence-corrected chi connectivity index (χ2v) is 10.3. The predicted molar refractivity (Wildman–Crippen MR) is 131 cm³/mol. The third-order valence-electron chi connectivity index (χ3n) is 5.98. The van der Waals surface area contributed by atoms with Crippen LogP contribution in [0.1, 0.15) is 41.0 Å². The molecule has 0 unspecified atom stereocenters. The van der Waals surface area contributed by atoms with Crippen LogP contribution in [0.2, 0.25) is 0 Å². The van der Waals surface area contributed by atoms with Crippen LogP contribution in [0.5, 0.6) is 6.01 Å². The number of carbonyl (C=O) groups excluding carboxylic acids is 1. The van der Waals surface area contributed by atoms with Gasteiger partial charge in [-0.1, -0.05) is 0 Å².